The van der Waals surface area contributed by atoms with E-state index in [0.717, 1.165) is 38.5 Å². The van der Waals surface area contributed by atoms with Crippen LogP contribution in [0.2, 0.25) is 0 Å². The van der Waals surface area contributed by atoms with E-state index in [2.05, 4.69) is 25.9 Å². The van der Waals surface area contributed by atoms with Crippen LogP contribution < -0.4 is 5.32 Å². The van der Waals surface area contributed by atoms with Gasteiger partial charge in [0, 0.05) is 45.0 Å². The molecule has 0 aliphatic carbocycles. The lowest BCUT2D eigenvalue weighted by molar-refractivity contribution is 0.199. The second-order valence-electron chi connectivity index (χ2n) is 4.32. The summed E-state index contributed by atoms with van der Waals surface area (Å²) < 4.78 is 7.17. The normalized spacial score (nSPS) is 10.8. The molecule has 0 spiro atoms. The van der Waals surface area contributed by atoms with Gasteiger partial charge in [-0.25, -0.2) is 4.98 Å². The number of methoxy groups -OCH3 is 1. The Labute approximate surface area is 113 Å². The third-order valence-corrected chi connectivity index (χ3v) is 2.93. The third-order valence-electron chi connectivity index (χ3n) is 2.93. The molecular weight excluding hydrogens is 240 g/mol. The van der Waals surface area contributed by atoms with Crippen molar-refractivity contribution in [2.75, 3.05) is 20.3 Å². The zero-order valence-corrected chi connectivity index (χ0v) is 11.2. The molecular formula is C14H20N4O. The first-order valence-electron chi connectivity index (χ1n) is 6.48. The van der Waals surface area contributed by atoms with Crippen molar-refractivity contribution >= 4 is 0 Å². The molecule has 0 saturated heterocycles. The highest BCUT2D eigenvalue weighted by Crippen LogP contribution is 2.03. The highest BCUT2D eigenvalue weighted by molar-refractivity contribution is 5.08. The predicted octanol–water partition coefficient (Wildman–Crippen LogP) is 1.26. The van der Waals surface area contributed by atoms with Crippen molar-refractivity contribution in [3.05, 3.63) is 48.3 Å². The van der Waals surface area contributed by atoms with E-state index >= 15 is 0 Å². The minimum Gasteiger partial charge on any atom is -0.383 e. The molecule has 0 amide bonds. The molecule has 19 heavy (non-hydrogen) atoms. The molecule has 0 aromatic carbocycles. The van der Waals surface area contributed by atoms with E-state index in [1.54, 1.807) is 13.3 Å². The Kier molecular flexibility index (Phi) is 5.52. The van der Waals surface area contributed by atoms with Crippen LogP contribution in [0.1, 0.15) is 11.4 Å². The molecule has 0 bridgehead atoms. The molecule has 5 heteroatoms. The van der Waals surface area contributed by atoms with Gasteiger partial charge in [0.25, 0.3) is 0 Å². The molecule has 2 rings (SSSR count). The molecule has 0 aliphatic heterocycles. The summed E-state index contributed by atoms with van der Waals surface area (Å²) in [4.78, 5) is 8.50. The van der Waals surface area contributed by atoms with E-state index in [9.17, 15) is 0 Å². The summed E-state index contributed by atoms with van der Waals surface area (Å²) >= 11 is 0. The van der Waals surface area contributed by atoms with E-state index in [4.69, 9.17) is 4.74 Å². The van der Waals surface area contributed by atoms with Gasteiger partial charge in [0.2, 0.25) is 0 Å². The van der Waals surface area contributed by atoms with Gasteiger partial charge in [-0.2, -0.15) is 0 Å². The Bertz CT molecular complexity index is 469. The molecule has 1 N–H and O–H groups in total. The Hall–Kier alpha value is -1.72. The molecule has 0 saturated carbocycles. The molecule has 0 aliphatic rings. The molecule has 0 radical (unpaired) electrons. The van der Waals surface area contributed by atoms with Crippen molar-refractivity contribution in [3.8, 4) is 0 Å². The average Bonchev–Trinajstić information content (AvgIpc) is 2.90. The van der Waals surface area contributed by atoms with Crippen LogP contribution in [0.15, 0.2) is 36.9 Å². The van der Waals surface area contributed by atoms with Crippen LogP contribution in [-0.4, -0.2) is 34.8 Å². The first kappa shape index (κ1) is 13.7. The minimum absolute atomic E-state index is 0.719. The number of hydrogen-bond donors (Lipinski definition) is 1. The smallest absolute Gasteiger partial charge is 0.122 e. The predicted molar refractivity (Wildman–Crippen MR) is 73.8 cm³/mol. The number of pyridine rings is 1. The third kappa shape index (κ3) is 4.46. The SMILES string of the molecule is COCCNCc1nccn1CCc1cccnc1. The second-order valence-corrected chi connectivity index (χ2v) is 4.32. The van der Waals surface area contributed by atoms with Crippen LogP contribution in [0.5, 0.6) is 0 Å². The van der Waals surface area contributed by atoms with Crippen molar-refractivity contribution in [2.24, 2.45) is 0 Å². The largest absolute Gasteiger partial charge is 0.383 e. The molecule has 2 aromatic heterocycles. The Balaban J connectivity index is 1.82. The topological polar surface area (TPSA) is 52.0 Å². The second kappa shape index (κ2) is 7.66. The van der Waals surface area contributed by atoms with Crippen LogP contribution >= 0.6 is 0 Å². The number of hydrogen-bond acceptors (Lipinski definition) is 4. The van der Waals surface area contributed by atoms with Gasteiger partial charge in [0.05, 0.1) is 13.2 Å². The average molecular weight is 260 g/mol. The highest BCUT2D eigenvalue weighted by Gasteiger charge is 2.02. The summed E-state index contributed by atoms with van der Waals surface area (Å²) in [5.74, 6) is 1.06. The molecule has 5 nitrogen and oxygen atoms in total. The fraction of sp³-hybridized carbons (Fsp3) is 0.429. The highest BCUT2D eigenvalue weighted by atomic mass is 16.5. The Morgan fingerprint density at radius 1 is 1.37 bits per heavy atom. The van der Waals surface area contributed by atoms with Crippen LogP contribution in [0.4, 0.5) is 0 Å². The molecule has 0 atom stereocenters. The van der Waals surface area contributed by atoms with Gasteiger partial charge in [-0.15, -0.1) is 0 Å². The van der Waals surface area contributed by atoms with Gasteiger partial charge in [-0.3, -0.25) is 4.98 Å². The minimum atomic E-state index is 0.719. The maximum absolute atomic E-state index is 5.00. The van der Waals surface area contributed by atoms with E-state index < -0.39 is 0 Å². The van der Waals surface area contributed by atoms with E-state index in [1.165, 1.54) is 5.56 Å². The number of imidazole rings is 1. The maximum atomic E-state index is 5.00. The van der Waals surface area contributed by atoms with Gasteiger partial charge in [-0.05, 0) is 18.1 Å². The van der Waals surface area contributed by atoms with E-state index in [1.807, 2.05) is 24.7 Å². The Morgan fingerprint density at radius 3 is 3.11 bits per heavy atom. The van der Waals surface area contributed by atoms with E-state index in [-0.39, 0.29) is 0 Å². The molecule has 102 valence electrons. The summed E-state index contributed by atoms with van der Waals surface area (Å²) in [6, 6.07) is 4.07. The number of aryl methyl sites for hydroxylation is 2. The summed E-state index contributed by atoms with van der Waals surface area (Å²) in [5, 5.41) is 3.31. The first-order chi connectivity index (χ1) is 9.40. The standard InChI is InChI=1S/C14H20N4O/c1-19-10-7-16-12-14-17-6-9-18(14)8-4-13-3-2-5-15-11-13/h2-3,5-6,9,11,16H,4,7-8,10,12H2,1H3. The van der Waals surface area contributed by atoms with Gasteiger partial charge < -0.3 is 14.6 Å². The Morgan fingerprint density at radius 2 is 2.32 bits per heavy atom. The van der Waals surface area contributed by atoms with Gasteiger partial charge in [0.1, 0.15) is 5.82 Å². The zero-order valence-electron chi connectivity index (χ0n) is 11.2. The maximum Gasteiger partial charge on any atom is 0.122 e. The number of rotatable bonds is 8. The van der Waals surface area contributed by atoms with Gasteiger partial charge >= 0.3 is 0 Å². The van der Waals surface area contributed by atoms with Crippen LogP contribution in [0.3, 0.4) is 0 Å². The molecule has 2 heterocycles. The number of ether oxygens (including phenoxy) is 1. The van der Waals surface area contributed by atoms with Gasteiger partial charge in [0.15, 0.2) is 0 Å². The summed E-state index contributed by atoms with van der Waals surface area (Å²) in [5.41, 5.74) is 1.24. The van der Waals surface area contributed by atoms with Crippen molar-refractivity contribution in [2.45, 2.75) is 19.5 Å². The van der Waals surface area contributed by atoms with Crippen molar-refractivity contribution in [3.63, 3.8) is 0 Å². The summed E-state index contributed by atoms with van der Waals surface area (Å²) in [7, 11) is 1.70. The number of aromatic nitrogens is 3. The van der Waals surface area contributed by atoms with Crippen LogP contribution in [0.25, 0.3) is 0 Å². The first-order valence-corrected chi connectivity index (χ1v) is 6.48. The van der Waals surface area contributed by atoms with Gasteiger partial charge in [-0.1, -0.05) is 6.07 Å². The molecule has 2 aromatic rings. The van der Waals surface area contributed by atoms with Crippen LogP contribution in [0, 0.1) is 0 Å². The monoisotopic (exact) mass is 260 g/mol. The lowest BCUT2D eigenvalue weighted by Crippen LogP contribution is -2.21. The van der Waals surface area contributed by atoms with Crippen molar-refractivity contribution in [1.82, 2.24) is 19.9 Å². The summed E-state index contributed by atoms with van der Waals surface area (Å²) in [6.45, 7) is 3.25. The quantitative estimate of drug-likeness (QED) is 0.726. The number of nitrogens with one attached hydrogen (secondary N) is 1. The van der Waals surface area contributed by atoms with E-state index in [0.29, 0.717) is 0 Å². The summed E-state index contributed by atoms with van der Waals surface area (Å²) in [6.07, 6.45) is 8.54. The fourth-order valence-electron chi connectivity index (χ4n) is 1.88. The lowest BCUT2D eigenvalue weighted by atomic mass is 10.2. The van der Waals surface area contributed by atoms with Crippen LogP contribution in [-0.2, 0) is 24.2 Å². The molecule has 0 unspecified atom stereocenters. The van der Waals surface area contributed by atoms with Crippen molar-refractivity contribution < 1.29 is 4.74 Å². The zero-order chi connectivity index (χ0) is 13.3. The lowest BCUT2D eigenvalue weighted by Gasteiger charge is -2.08. The number of nitrogens with zero attached hydrogens (tertiary/aromatic N) is 3. The van der Waals surface area contributed by atoms with Crippen molar-refractivity contribution in [1.29, 1.82) is 0 Å². The fourth-order valence-corrected chi connectivity index (χ4v) is 1.88. The molecule has 0 fully saturated rings.